The van der Waals surface area contributed by atoms with Crippen molar-refractivity contribution >= 4 is 0 Å². The van der Waals surface area contributed by atoms with Gasteiger partial charge in [0.25, 0.3) is 0 Å². The van der Waals surface area contributed by atoms with Gasteiger partial charge in [0.15, 0.2) is 0 Å². The minimum Gasteiger partial charge on any atom is -0.329 e. The van der Waals surface area contributed by atoms with Crippen LogP contribution in [0.2, 0.25) is 0 Å². The van der Waals surface area contributed by atoms with Crippen molar-refractivity contribution in [1.29, 1.82) is 5.26 Å². The fourth-order valence-electron chi connectivity index (χ4n) is 2.89. The van der Waals surface area contributed by atoms with Crippen molar-refractivity contribution in [1.82, 2.24) is 14.9 Å². The molecule has 0 amide bonds. The molecular formula is C14H20N4. The quantitative estimate of drug-likeness (QED) is 0.886. The second-order valence-electron chi connectivity index (χ2n) is 5.52. The minimum absolute atomic E-state index is 0.198. The first-order valence-corrected chi connectivity index (χ1v) is 7.06. The van der Waals surface area contributed by atoms with E-state index in [4.69, 9.17) is 0 Å². The highest BCUT2D eigenvalue weighted by molar-refractivity contribution is 5.16. The standard InChI is InChI=1S/C14H20N4/c15-8-13(17-11-4-2-1-3-5-11)14-9-16-10-18(14)12-6-7-12/h9-13,17H,1-7H2. The Morgan fingerprint density at radius 3 is 2.72 bits per heavy atom. The Bertz CT molecular complexity index is 435. The van der Waals surface area contributed by atoms with Crippen molar-refractivity contribution in [2.24, 2.45) is 0 Å². The fraction of sp³-hybridized carbons (Fsp3) is 0.714. The number of hydrogen-bond acceptors (Lipinski definition) is 3. The van der Waals surface area contributed by atoms with Gasteiger partial charge in [-0.05, 0) is 25.7 Å². The molecule has 0 spiro atoms. The summed E-state index contributed by atoms with van der Waals surface area (Å²) in [7, 11) is 0. The average molecular weight is 244 g/mol. The van der Waals surface area contributed by atoms with Crippen molar-refractivity contribution in [3.63, 3.8) is 0 Å². The van der Waals surface area contributed by atoms with Gasteiger partial charge in [0, 0.05) is 12.1 Å². The third-order valence-electron chi connectivity index (χ3n) is 4.07. The zero-order valence-corrected chi connectivity index (χ0v) is 10.7. The van der Waals surface area contributed by atoms with Crippen molar-refractivity contribution in [3.8, 4) is 6.07 Å². The van der Waals surface area contributed by atoms with Crippen LogP contribution in [0.1, 0.15) is 62.7 Å². The Labute approximate surface area is 108 Å². The van der Waals surface area contributed by atoms with Crippen LogP contribution in [-0.2, 0) is 0 Å². The third kappa shape index (κ3) is 2.41. The van der Waals surface area contributed by atoms with E-state index in [2.05, 4.69) is 20.9 Å². The first-order chi connectivity index (χ1) is 8.88. The van der Waals surface area contributed by atoms with E-state index in [1.54, 1.807) is 0 Å². The Hall–Kier alpha value is -1.34. The van der Waals surface area contributed by atoms with Crippen LogP contribution in [0.25, 0.3) is 0 Å². The molecule has 1 unspecified atom stereocenters. The summed E-state index contributed by atoms with van der Waals surface area (Å²) in [5.74, 6) is 0. The number of imidazole rings is 1. The predicted molar refractivity (Wildman–Crippen MR) is 68.9 cm³/mol. The summed E-state index contributed by atoms with van der Waals surface area (Å²) in [6.07, 6.45) is 12.5. The zero-order chi connectivity index (χ0) is 12.4. The second-order valence-corrected chi connectivity index (χ2v) is 5.52. The molecule has 0 aromatic carbocycles. The molecule has 2 aliphatic rings. The van der Waals surface area contributed by atoms with Crippen molar-refractivity contribution in [3.05, 3.63) is 18.2 Å². The summed E-state index contributed by atoms with van der Waals surface area (Å²) in [4.78, 5) is 4.22. The molecule has 1 atom stereocenters. The number of nitrogens with one attached hydrogen (secondary N) is 1. The lowest BCUT2D eigenvalue weighted by Gasteiger charge is -2.25. The van der Waals surface area contributed by atoms with E-state index in [-0.39, 0.29) is 6.04 Å². The van der Waals surface area contributed by atoms with E-state index in [0.717, 1.165) is 5.69 Å². The molecule has 1 N–H and O–H groups in total. The zero-order valence-electron chi connectivity index (χ0n) is 10.7. The molecule has 4 heteroatoms. The van der Waals surface area contributed by atoms with E-state index in [1.165, 1.54) is 44.9 Å². The number of rotatable bonds is 4. The highest BCUT2D eigenvalue weighted by Gasteiger charge is 2.29. The highest BCUT2D eigenvalue weighted by Crippen LogP contribution is 2.37. The first kappa shape index (κ1) is 11.7. The van der Waals surface area contributed by atoms with Gasteiger partial charge in [0.2, 0.25) is 0 Å². The Morgan fingerprint density at radius 2 is 2.06 bits per heavy atom. The van der Waals surface area contributed by atoms with E-state index in [1.807, 2.05) is 12.5 Å². The van der Waals surface area contributed by atoms with E-state index < -0.39 is 0 Å². The lowest BCUT2D eigenvalue weighted by Crippen LogP contribution is -2.34. The van der Waals surface area contributed by atoms with Gasteiger partial charge in [-0.2, -0.15) is 5.26 Å². The maximum atomic E-state index is 9.40. The van der Waals surface area contributed by atoms with Crippen LogP contribution in [0.4, 0.5) is 0 Å². The van der Waals surface area contributed by atoms with Crippen molar-refractivity contribution < 1.29 is 0 Å². The lowest BCUT2D eigenvalue weighted by molar-refractivity contribution is 0.355. The van der Waals surface area contributed by atoms with Crippen LogP contribution in [0, 0.1) is 11.3 Å². The van der Waals surface area contributed by atoms with Gasteiger partial charge >= 0.3 is 0 Å². The van der Waals surface area contributed by atoms with Crippen molar-refractivity contribution in [2.45, 2.75) is 63.1 Å². The van der Waals surface area contributed by atoms with Crippen LogP contribution in [0.15, 0.2) is 12.5 Å². The van der Waals surface area contributed by atoms with E-state index in [0.29, 0.717) is 12.1 Å². The molecule has 4 nitrogen and oxygen atoms in total. The molecular weight excluding hydrogens is 224 g/mol. The minimum atomic E-state index is -0.198. The molecule has 2 saturated carbocycles. The van der Waals surface area contributed by atoms with Crippen molar-refractivity contribution in [2.75, 3.05) is 0 Å². The largest absolute Gasteiger partial charge is 0.329 e. The van der Waals surface area contributed by atoms with E-state index in [9.17, 15) is 5.26 Å². The number of nitriles is 1. The Kier molecular flexibility index (Phi) is 3.33. The van der Waals surface area contributed by atoms with Gasteiger partial charge < -0.3 is 4.57 Å². The maximum absolute atomic E-state index is 9.40. The maximum Gasteiger partial charge on any atom is 0.138 e. The summed E-state index contributed by atoms with van der Waals surface area (Å²) in [5.41, 5.74) is 1.05. The van der Waals surface area contributed by atoms with Crippen LogP contribution < -0.4 is 5.32 Å². The number of aromatic nitrogens is 2. The van der Waals surface area contributed by atoms with Gasteiger partial charge in [-0.3, -0.25) is 5.32 Å². The molecule has 0 radical (unpaired) electrons. The second kappa shape index (κ2) is 5.11. The number of nitrogens with zero attached hydrogens (tertiary/aromatic N) is 3. The van der Waals surface area contributed by atoms with Gasteiger partial charge in [-0.25, -0.2) is 4.98 Å². The molecule has 0 aliphatic heterocycles. The fourth-order valence-corrected chi connectivity index (χ4v) is 2.89. The monoisotopic (exact) mass is 244 g/mol. The molecule has 96 valence electrons. The molecule has 0 bridgehead atoms. The summed E-state index contributed by atoms with van der Waals surface area (Å²) >= 11 is 0. The molecule has 2 aliphatic carbocycles. The molecule has 1 aromatic heterocycles. The lowest BCUT2D eigenvalue weighted by atomic mass is 9.95. The van der Waals surface area contributed by atoms with Gasteiger partial charge in [-0.1, -0.05) is 19.3 Å². The molecule has 3 rings (SSSR count). The van der Waals surface area contributed by atoms with Gasteiger partial charge in [0.05, 0.1) is 24.3 Å². The predicted octanol–water partition coefficient (Wildman–Crippen LogP) is 2.70. The molecule has 2 fully saturated rings. The van der Waals surface area contributed by atoms with Crippen LogP contribution in [0.5, 0.6) is 0 Å². The summed E-state index contributed by atoms with van der Waals surface area (Å²) in [6, 6.07) is 3.30. The Balaban J connectivity index is 1.71. The van der Waals surface area contributed by atoms with Gasteiger partial charge in [0.1, 0.15) is 6.04 Å². The SMILES string of the molecule is N#CC(NC1CCCCC1)c1cncn1C1CC1. The Morgan fingerprint density at radius 1 is 1.28 bits per heavy atom. The number of hydrogen-bond donors (Lipinski definition) is 1. The topological polar surface area (TPSA) is 53.6 Å². The highest BCUT2D eigenvalue weighted by atomic mass is 15.1. The smallest absolute Gasteiger partial charge is 0.138 e. The summed E-state index contributed by atoms with van der Waals surface area (Å²) in [5, 5.41) is 12.9. The normalized spacial score (nSPS) is 22.6. The molecule has 18 heavy (non-hydrogen) atoms. The van der Waals surface area contributed by atoms with Gasteiger partial charge in [-0.15, -0.1) is 0 Å². The average Bonchev–Trinajstić information content (AvgIpc) is 3.15. The summed E-state index contributed by atoms with van der Waals surface area (Å²) < 4.78 is 2.18. The van der Waals surface area contributed by atoms with Crippen LogP contribution in [-0.4, -0.2) is 15.6 Å². The molecule has 1 heterocycles. The molecule has 0 saturated heterocycles. The van der Waals surface area contributed by atoms with Crippen LogP contribution in [0.3, 0.4) is 0 Å². The van der Waals surface area contributed by atoms with E-state index >= 15 is 0 Å². The first-order valence-electron chi connectivity index (χ1n) is 7.06. The van der Waals surface area contributed by atoms with Crippen LogP contribution >= 0.6 is 0 Å². The summed E-state index contributed by atoms with van der Waals surface area (Å²) in [6.45, 7) is 0. The molecule has 1 aromatic rings. The third-order valence-corrected chi connectivity index (χ3v) is 4.07.